The van der Waals surface area contributed by atoms with Crippen molar-refractivity contribution < 1.29 is 19.1 Å². The fourth-order valence-electron chi connectivity index (χ4n) is 3.76. The third kappa shape index (κ3) is 4.78. The predicted molar refractivity (Wildman–Crippen MR) is 102 cm³/mol. The summed E-state index contributed by atoms with van der Waals surface area (Å²) in [5, 5.41) is 0. The zero-order chi connectivity index (χ0) is 19.2. The van der Waals surface area contributed by atoms with Crippen molar-refractivity contribution in [2.45, 2.75) is 6.42 Å². The summed E-state index contributed by atoms with van der Waals surface area (Å²) in [6, 6.07) is 7.16. The Labute approximate surface area is 160 Å². The molecular weight excluding hydrogens is 346 g/mol. The van der Waals surface area contributed by atoms with Gasteiger partial charge in [-0.05, 0) is 37.2 Å². The van der Waals surface area contributed by atoms with Gasteiger partial charge in [0.2, 0.25) is 5.91 Å². The molecule has 2 amide bonds. The highest BCUT2D eigenvalue weighted by molar-refractivity contribution is 5.94. The Kier molecular flexibility index (Phi) is 6.68. The van der Waals surface area contributed by atoms with E-state index in [1.54, 1.807) is 38.5 Å². The Morgan fingerprint density at radius 3 is 2.30 bits per heavy atom. The fourth-order valence-corrected chi connectivity index (χ4v) is 3.76. The van der Waals surface area contributed by atoms with Crippen molar-refractivity contribution in [2.24, 2.45) is 5.92 Å². The highest BCUT2D eigenvalue weighted by atomic mass is 16.5. The molecule has 2 saturated heterocycles. The molecule has 7 nitrogen and oxygen atoms in total. The molecule has 0 N–H and O–H groups in total. The second-order valence-electron chi connectivity index (χ2n) is 7.12. The first-order valence-electron chi connectivity index (χ1n) is 9.55. The van der Waals surface area contributed by atoms with Crippen molar-refractivity contribution in [1.29, 1.82) is 0 Å². The van der Waals surface area contributed by atoms with Crippen LogP contribution >= 0.6 is 0 Å². The molecule has 2 fully saturated rings. The smallest absolute Gasteiger partial charge is 0.253 e. The van der Waals surface area contributed by atoms with Crippen LogP contribution in [0.3, 0.4) is 0 Å². The van der Waals surface area contributed by atoms with Crippen molar-refractivity contribution in [2.75, 3.05) is 66.6 Å². The zero-order valence-electron chi connectivity index (χ0n) is 16.2. The van der Waals surface area contributed by atoms with Crippen LogP contribution in [0.2, 0.25) is 0 Å². The number of carbonyl (C=O) groups excluding carboxylic acids is 2. The fraction of sp³-hybridized carbons (Fsp3) is 0.600. The molecule has 0 radical (unpaired) electrons. The number of benzene rings is 1. The number of hydrogen-bond donors (Lipinski definition) is 0. The summed E-state index contributed by atoms with van der Waals surface area (Å²) in [4.78, 5) is 31.5. The van der Waals surface area contributed by atoms with Gasteiger partial charge in [-0.25, -0.2) is 0 Å². The van der Waals surface area contributed by atoms with Gasteiger partial charge in [0.1, 0.15) is 5.75 Å². The van der Waals surface area contributed by atoms with Crippen molar-refractivity contribution in [1.82, 2.24) is 14.7 Å². The monoisotopic (exact) mass is 375 g/mol. The minimum Gasteiger partial charge on any atom is -0.497 e. The van der Waals surface area contributed by atoms with Crippen LogP contribution in [0.25, 0.3) is 0 Å². The van der Waals surface area contributed by atoms with Crippen molar-refractivity contribution in [3.8, 4) is 5.75 Å². The van der Waals surface area contributed by atoms with Gasteiger partial charge < -0.3 is 24.2 Å². The number of carbonyl (C=O) groups is 2. The number of amides is 2. The lowest BCUT2D eigenvalue weighted by atomic mass is 10.1. The molecule has 0 aromatic heterocycles. The Morgan fingerprint density at radius 1 is 1.00 bits per heavy atom. The van der Waals surface area contributed by atoms with Crippen LogP contribution in [0, 0.1) is 5.92 Å². The van der Waals surface area contributed by atoms with Crippen molar-refractivity contribution in [3.05, 3.63) is 29.8 Å². The lowest BCUT2D eigenvalue weighted by Crippen LogP contribution is -2.52. The van der Waals surface area contributed by atoms with E-state index in [9.17, 15) is 9.59 Å². The Morgan fingerprint density at radius 2 is 1.67 bits per heavy atom. The quantitative estimate of drug-likeness (QED) is 0.741. The van der Waals surface area contributed by atoms with Gasteiger partial charge in [0.05, 0.1) is 19.6 Å². The van der Waals surface area contributed by atoms with Crippen LogP contribution in [0.5, 0.6) is 5.75 Å². The molecule has 0 bridgehead atoms. The summed E-state index contributed by atoms with van der Waals surface area (Å²) in [7, 11) is 3.31. The van der Waals surface area contributed by atoms with E-state index in [4.69, 9.17) is 9.47 Å². The van der Waals surface area contributed by atoms with Gasteiger partial charge in [-0.1, -0.05) is 0 Å². The zero-order valence-corrected chi connectivity index (χ0v) is 16.2. The highest BCUT2D eigenvalue weighted by Gasteiger charge is 2.33. The molecule has 0 spiro atoms. The van der Waals surface area contributed by atoms with Gasteiger partial charge >= 0.3 is 0 Å². The Balaban J connectivity index is 1.48. The van der Waals surface area contributed by atoms with Gasteiger partial charge in [-0.2, -0.15) is 0 Å². The molecule has 3 rings (SSSR count). The molecule has 2 aliphatic heterocycles. The second kappa shape index (κ2) is 9.19. The summed E-state index contributed by atoms with van der Waals surface area (Å²) < 4.78 is 10.3. The van der Waals surface area contributed by atoms with Crippen LogP contribution in [-0.2, 0) is 9.53 Å². The normalized spacial score (nSPS) is 20.7. The van der Waals surface area contributed by atoms with Gasteiger partial charge in [0, 0.05) is 51.9 Å². The van der Waals surface area contributed by atoms with E-state index in [1.165, 1.54) is 0 Å². The number of methoxy groups -OCH3 is 2. The number of rotatable bonds is 6. The molecule has 27 heavy (non-hydrogen) atoms. The summed E-state index contributed by atoms with van der Waals surface area (Å²) in [6.07, 6.45) is 0.910. The summed E-state index contributed by atoms with van der Waals surface area (Å²) in [6.45, 7) is 5.72. The molecule has 148 valence electrons. The minimum absolute atomic E-state index is 0.0105. The van der Waals surface area contributed by atoms with E-state index < -0.39 is 0 Å². The second-order valence-corrected chi connectivity index (χ2v) is 7.12. The average molecular weight is 375 g/mol. The SMILES string of the molecule is COCCN1CCC(C(=O)N2CCN(C(=O)c3ccc(OC)cc3)CC2)C1. The lowest BCUT2D eigenvalue weighted by Gasteiger charge is -2.36. The van der Waals surface area contributed by atoms with Gasteiger partial charge in [0.15, 0.2) is 0 Å². The van der Waals surface area contributed by atoms with E-state index in [2.05, 4.69) is 4.90 Å². The topological polar surface area (TPSA) is 62.3 Å². The van der Waals surface area contributed by atoms with Crippen LogP contribution in [0.1, 0.15) is 16.8 Å². The Hall–Kier alpha value is -2.12. The molecule has 2 heterocycles. The van der Waals surface area contributed by atoms with E-state index in [0.717, 1.165) is 31.8 Å². The van der Waals surface area contributed by atoms with Gasteiger partial charge in [-0.15, -0.1) is 0 Å². The molecule has 1 unspecified atom stereocenters. The molecule has 1 aromatic carbocycles. The van der Waals surface area contributed by atoms with E-state index in [0.29, 0.717) is 38.3 Å². The first-order chi connectivity index (χ1) is 13.1. The molecule has 0 aliphatic carbocycles. The molecule has 2 aliphatic rings. The van der Waals surface area contributed by atoms with Crippen LogP contribution in [0.4, 0.5) is 0 Å². The maximum absolute atomic E-state index is 12.8. The lowest BCUT2D eigenvalue weighted by molar-refractivity contribution is -0.136. The summed E-state index contributed by atoms with van der Waals surface area (Å²) >= 11 is 0. The predicted octanol–water partition coefficient (Wildman–Crippen LogP) is 0.948. The third-order valence-electron chi connectivity index (χ3n) is 5.45. The van der Waals surface area contributed by atoms with Crippen LogP contribution in [-0.4, -0.2) is 93.2 Å². The summed E-state index contributed by atoms with van der Waals surface area (Å²) in [5.41, 5.74) is 0.653. The number of ether oxygens (including phenoxy) is 2. The third-order valence-corrected chi connectivity index (χ3v) is 5.45. The maximum atomic E-state index is 12.8. The number of piperazine rings is 1. The molecule has 0 saturated carbocycles. The minimum atomic E-state index is 0.0105. The first-order valence-corrected chi connectivity index (χ1v) is 9.55. The van der Waals surface area contributed by atoms with Crippen LogP contribution in [0.15, 0.2) is 24.3 Å². The molecular formula is C20H29N3O4. The van der Waals surface area contributed by atoms with E-state index >= 15 is 0 Å². The standard InChI is InChI=1S/C20H29N3O4/c1-26-14-13-21-8-7-17(15-21)20(25)23-11-9-22(10-12-23)19(24)16-3-5-18(27-2)6-4-16/h3-6,17H,7-15H2,1-2H3. The van der Waals surface area contributed by atoms with Crippen molar-refractivity contribution >= 4 is 11.8 Å². The maximum Gasteiger partial charge on any atom is 0.253 e. The van der Waals surface area contributed by atoms with E-state index in [1.807, 2.05) is 9.80 Å². The number of nitrogens with zero attached hydrogens (tertiary/aromatic N) is 3. The van der Waals surface area contributed by atoms with Crippen molar-refractivity contribution in [3.63, 3.8) is 0 Å². The highest BCUT2D eigenvalue weighted by Crippen LogP contribution is 2.20. The van der Waals surface area contributed by atoms with E-state index in [-0.39, 0.29) is 17.7 Å². The largest absolute Gasteiger partial charge is 0.497 e. The Bertz CT molecular complexity index is 641. The molecule has 1 aromatic rings. The van der Waals surface area contributed by atoms with Crippen LogP contribution < -0.4 is 4.74 Å². The number of hydrogen-bond acceptors (Lipinski definition) is 5. The van der Waals surface area contributed by atoms with Gasteiger partial charge in [-0.3, -0.25) is 9.59 Å². The number of likely N-dealkylation sites (tertiary alicyclic amines) is 1. The first kappa shape index (κ1) is 19.6. The molecule has 7 heteroatoms. The van der Waals surface area contributed by atoms with Gasteiger partial charge in [0.25, 0.3) is 5.91 Å². The molecule has 1 atom stereocenters. The average Bonchev–Trinajstić information content (AvgIpc) is 3.20. The summed E-state index contributed by atoms with van der Waals surface area (Å²) in [5.74, 6) is 1.05.